The highest BCUT2D eigenvalue weighted by molar-refractivity contribution is 5.91. The third kappa shape index (κ3) is 6.36. The molecule has 192 valence electrons. The van der Waals surface area contributed by atoms with Crippen LogP contribution in [0.4, 0.5) is 10.5 Å². The first kappa shape index (κ1) is 25.9. The highest BCUT2D eigenvalue weighted by Gasteiger charge is 2.47. The molecule has 1 fully saturated rings. The molecule has 37 heavy (non-hydrogen) atoms. The van der Waals surface area contributed by atoms with Crippen molar-refractivity contribution in [2.24, 2.45) is 0 Å². The summed E-state index contributed by atoms with van der Waals surface area (Å²) in [4.78, 5) is 40.1. The number of carbonyl (C=O) groups is 3. The molecule has 3 amide bonds. The standard InChI is InChI=1S/C30H33N3O4/c1-4-8-26(34)32-25-17-15-24(16-18-25)28-27(29(35)31-21(3)23-9-6-5-7-10-23)33(30(36)37-28)19-22-13-11-20(2)12-14-22/h5-7,9-18,21,27-28H,4,8,19H2,1-3H3,(H,31,35)(H,32,34). The lowest BCUT2D eigenvalue weighted by molar-refractivity contribution is -0.127. The molecule has 3 unspecified atom stereocenters. The number of ether oxygens (including phenoxy) is 1. The summed E-state index contributed by atoms with van der Waals surface area (Å²) in [5.74, 6) is -0.349. The first-order valence-electron chi connectivity index (χ1n) is 12.6. The van der Waals surface area contributed by atoms with E-state index in [1.54, 1.807) is 24.3 Å². The number of nitrogens with zero attached hydrogens (tertiary/aromatic N) is 1. The summed E-state index contributed by atoms with van der Waals surface area (Å²) in [5, 5.41) is 5.92. The smallest absolute Gasteiger partial charge is 0.411 e. The van der Waals surface area contributed by atoms with Crippen LogP contribution in [0.1, 0.15) is 61.1 Å². The van der Waals surface area contributed by atoms with Gasteiger partial charge >= 0.3 is 6.09 Å². The van der Waals surface area contributed by atoms with E-state index < -0.39 is 18.2 Å². The number of hydrogen-bond donors (Lipinski definition) is 2. The van der Waals surface area contributed by atoms with Crippen LogP contribution in [0, 0.1) is 6.92 Å². The van der Waals surface area contributed by atoms with Gasteiger partial charge in [0.05, 0.1) is 12.6 Å². The molecule has 4 rings (SSSR count). The lowest BCUT2D eigenvalue weighted by Crippen LogP contribution is -2.46. The van der Waals surface area contributed by atoms with E-state index in [0.29, 0.717) is 17.7 Å². The summed E-state index contributed by atoms with van der Waals surface area (Å²) < 4.78 is 5.78. The number of benzene rings is 3. The van der Waals surface area contributed by atoms with Gasteiger partial charge in [-0.3, -0.25) is 14.5 Å². The van der Waals surface area contributed by atoms with Crippen LogP contribution in [-0.4, -0.2) is 28.8 Å². The minimum absolute atomic E-state index is 0.0565. The second kappa shape index (κ2) is 11.7. The minimum atomic E-state index is -0.861. The molecule has 0 radical (unpaired) electrons. The molecular weight excluding hydrogens is 466 g/mol. The Balaban J connectivity index is 1.59. The molecular formula is C30H33N3O4. The van der Waals surface area contributed by atoms with E-state index in [4.69, 9.17) is 4.74 Å². The lowest BCUT2D eigenvalue weighted by Gasteiger charge is -2.26. The van der Waals surface area contributed by atoms with Crippen molar-refractivity contribution in [3.8, 4) is 0 Å². The van der Waals surface area contributed by atoms with Crippen molar-refractivity contribution in [3.05, 3.63) is 101 Å². The number of nitrogens with one attached hydrogen (secondary N) is 2. The van der Waals surface area contributed by atoms with Gasteiger partial charge in [0.15, 0.2) is 12.1 Å². The Labute approximate surface area is 217 Å². The van der Waals surface area contributed by atoms with Gasteiger partial charge in [-0.25, -0.2) is 4.79 Å². The molecule has 3 aromatic rings. The van der Waals surface area contributed by atoms with Crippen molar-refractivity contribution in [1.29, 1.82) is 0 Å². The monoisotopic (exact) mass is 499 g/mol. The summed E-state index contributed by atoms with van der Waals surface area (Å²) in [7, 11) is 0. The van der Waals surface area contributed by atoms with Crippen LogP contribution in [0.2, 0.25) is 0 Å². The zero-order chi connectivity index (χ0) is 26.4. The maximum atomic E-state index is 13.7. The zero-order valence-electron chi connectivity index (χ0n) is 21.4. The Morgan fingerprint density at radius 1 is 0.973 bits per heavy atom. The third-order valence-corrected chi connectivity index (χ3v) is 6.49. The van der Waals surface area contributed by atoms with Crippen LogP contribution >= 0.6 is 0 Å². The fourth-order valence-corrected chi connectivity index (χ4v) is 4.43. The summed E-state index contributed by atoms with van der Waals surface area (Å²) in [5.41, 5.74) is 4.33. The van der Waals surface area contributed by atoms with Gasteiger partial charge in [-0.15, -0.1) is 0 Å². The minimum Gasteiger partial charge on any atom is -0.438 e. The Morgan fingerprint density at radius 2 is 1.65 bits per heavy atom. The van der Waals surface area contributed by atoms with E-state index in [2.05, 4.69) is 10.6 Å². The van der Waals surface area contributed by atoms with Gasteiger partial charge in [0, 0.05) is 12.1 Å². The maximum Gasteiger partial charge on any atom is 0.411 e. The van der Waals surface area contributed by atoms with E-state index in [0.717, 1.165) is 23.1 Å². The molecule has 1 heterocycles. The van der Waals surface area contributed by atoms with E-state index in [1.165, 1.54) is 4.90 Å². The number of anilines is 1. The first-order valence-corrected chi connectivity index (χ1v) is 12.6. The quantitative estimate of drug-likeness (QED) is 0.397. The fourth-order valence-electron chi connectivity index (χ4n) is 4.43. The van der Waals surface area contributed by atoms with Crippen molar-refractivity contribution in [2.75, 3.05) is 5.32 Å². The molecule has 1 saturated heterocycles. The largest absolute Gasteiger partial charge is 0.438 e. The number of cyclic esters (lactones) is 1. The summed E-state index contributed by atoms with van der Waals surface area (Å²) in [6.07, 6.45) is -0.130. The molecule has 0 saturated carbocycles. The van der Waals surface area contributed by atoms with Crippen LogP contribution in [0.5, 0.6) is 0 Å². The van der Waals surface area contributed by atoms with Crippen LogP contribution in [0.15, 0.2) is 78.9 Å². The van der Waals surface area contributed by atoms with E-state index in [-0.39, 0.29) is 24.4 Å². The van der Waals surface area contributed by atoms with Crippen molar-refractivity contribution in [3.63, 3.8) is 0 Å². The van der Waals surface area contributed by atoms with Gasteiger partial charge in [-0.2, -0.15) is 0 Å². The van der Waals surface area contributed by atoms with Gasteiger partial charge < -0.3 is 15.4 Å². The molecule has 0 bridgehead atoms. The Kier molecular flexibility index (Phi) is 8.23. The topological polar surface area (TPSA) is 87.7 Å². The summed E-state index contributed by atoms with van der Waals surface area (Å²) >= 11 is 0. The van der Waals surface area contributed by atoms with E-state index in [9.17, 15) is 14.4 Å². The van der Waals surface area contributed by atoms with Crippen molar-refractivity contribution >= 4 is 23.6 Å². The van der Waals surface area contributed by atoms with Crippen LogP contribution < -0.4 is 10.6 Å². The second-order valence-corrected chi connectivity index (χ2v) is 9.42. The van der Waals surface area contributed by atoms with E-state index >= 15 is 0 Å². The Hall–Kier alpha value is -4.13. The molecule has 3 aromatic carbocycles. The number of aryl methyl sites for hydroxylation is 1. The molecule has 2 N–H and O–H groups in total. The second-order valence-electron chi connectivity index (χ2n) is 9.42. The van der Waals surface area contributed by atoms with Gasteiger partial charge in [-0.1, -0.05) is 79.2 Å². The fraction of sp³-hybridized carbons (Fsp3) is 0.300. The SMILES string of the molecule is CCCC(=O)Nc1ccc(C2OC(=O)N(Cc3ccc(C)cc3)C2C(=O)NC(C)c2ccccc2)cc1. The van der Waals surface area contributed by atoms with Crippen molar-refractivity contribution in [1.82, 2.24) is 10.2 Å². The molecule has 7 heteroatoms. The van der Waals surface area contributed by atoms with Gasteiger partial charge in [0.2, 0.25) is 11.8 Å². The maximum absolute atomic E-state index is 13.7. The molecule has 0 aliphatic carbocycles. The first-order chi connectivity index (χ1) is 17.9. The van der Waals surface area contributed by atoms with Gasteiger partial charge in [0.1, 0.15) is 0 Å². The van der Waals surface area contributed by atoms with E-state index in [1.807, 2.05) is 75.4 Å². The number of carbonyl (C=O) groups excluding carboxylic acids is 3. The Morgan fingerprint density at radius 3 is 2.30 bits per heavy atom. The molecule has 0 spiro atoms. The Bertz CT molecular complexity index is 1230. The van der Waals surface area contributed by atoms with Crippen LogP contribution in [-0.2, 0) is 20.9 Å². The van der Waals surface area contributed by atoms with Gasteiger partial charge in [0.25, 0.3) is 0 Å². The van der Waals surface area contributed by atoms with Crippen LogP contribution in [0.25, 0.3) is 0 Å². The highest BCUT2D eigenvalue weighted by Crippen LogP contribution is 2.35. The predicted octanol–water partition coefficient (Wildman–Crippen LogP) is 5.67. The average Bonchev–Trinajstić information content (AvgIpc) is 3.22. The molecule has 1 aliphatic heterocycles. The predicted molar refractivity (Wildman–Crippen MR) is 143 cm³/mol. The summed E-state index contributed by atoms with van der Waals surface area (Å²) in [6, 6.07) is 23.5. The number of hydrogen-bond acceptors (Lipinski definition) is 4. The average molecular weight is 500 g/mol. The highest BCUT2D eigenvalue weighted by atomic mass is 16.6. The summed E-state index contributed by atoms with van der Waals surface area (Å²) in [6.45, 7) is 6.11. The van der Waals surface area contributed by atoms with Crippen LogP contribution in [0.3, 0.4) is 0 Å². The third-order valence-electron chi connectivity index (χ3n) is 6.49. The molecule has 0 aromatic heterocycles. The molecule has 1 aliphatic rings. The van der Waals surface area contributed by atoms with Crippen molar-refractivity contribution in [2.45, 2.75) is 58.3 Å². The lowest BCUT2D eigenvalue weighted by atomic mass is 9.99. The van der Waals surface area contributed by atoms with Gasteiger partial charge in [-0.05, 0) is 49.1 Å². The number of amides is 3. The normalized spacial score (nSPS) is 17.7. The molecule has 7 nitrogen and oxygen atoms in total. The van der Waals surface area contributed by atoms with Crippen molar-refractivity contribution < 1.29 is 19.1 Å². The zero-order valence-corrected chi connectivity index (χ0v) is 21.4. The molecule has 3 atom stereocenters. The number of rotatable bonds is 9.